The van der Waals surface area contributed by atoms with Crippen LogP contribution < -0.4 is 0 Å². The molecule has 60 valence electrons. The topological polar surface area (TPSA) is 0 Å². The van der Waals surface area contributed by atoms with Gasteiger partial charge in [-0.05, 0) is 36.3 Å². The van der Waals surface area contributed by atoms with Crippen LogP contribution in [0.1, 0.15) is 33.1 Å². The minimum atomic E-state index is 0.902. The standard InChI is InChI=1S/C9H18S/c1-7-3-4-9(6-10)8(2)5-7/h7-10H,3-6H2,1-2H3. The highest BCUT2D eigenvalue weighted by Crippen LogP contribution is 2.33. The Bertz CT molecular complexity index is 101. The summed E-state index contributed by atoms with van der Waals surface area (Å²) in [5, 5.41) is 0. The zero-order valence-electron chi connectivity index (χ0n) is 7.01. The van der Waals surface area contributed by atoms with Gasteiger partial charge in [-0.15, -0.1) is 0 Å². The van der Waals surface area contributed by atoms with Crippen LogP contribution in [0, 0.1) is 17.8 Å². The van der Waals surface area contributed by atoms with Crippen molar-refractivity contribution in [2.75, 3.05) is 5.75 Å². The van der Waals surface area contributed by atoms with Gasteiger partial charge in [0.2, 0.25) is 0 Å². The maximum Gasteiger partial charge on any atom is -0.00670 e. The first-order valence-corrected chi connectivity index (χ1v) is 4.98. The maximum absolute atomic E-state index is 4.35. The monoisotopic (exact) mass is 158 g/mol. The van der Waals surface area contributed by atoms with Gasteiger partial charge in [-0.3, -0.25) is 0 Å². The van der Waals surface area contributed by atoms with Gasteiger partial charge in [0.15, 0.2) is 0 Å². The molecule has 0 heterocycles. The van der Waals surface area contributed by atoms with Gasteiger partial charge in [-0.25, -0.2) is 0 Å². The minimum Gasteiger partial charge on any atom is -0.179 e. The fraction of sp³-hybridized carbons (Fsp3) is 1.00. The lowest BCUT2D eigenvalue weighted by Gasteiger charge is -2.31. The van der Waals surface area contributed by atoms with Crippen molar-refractivity contribution in [3.05, 3.63) is 0 Å². The summed E-state index contributed by atoms with van der Waals surface area (Å²) in [4.78, 5) is 0. The largest absolute Gasteiger partial charge is 0.179 e. The molecule has 1 aliphatic carbocycles. The van der Waals surface area contributed by atoms with Crippen LogP contribution in [0.5, 0.6) is 0 Å². The van der Waals surface area contributed by atoms with E-state index in [1.807, 2.05) is 0 Å². The number of hydrogen-bond donors (Lipinski definition) is 1. The minimum absolute atomic E-state index is 0.902. The molecule has 1 fully saturated rings. The van der Waals surface area contributed by atoms with Gasteiger partial charge < -0.3 is 0 Å². The van der Waals surface area contributed by atoms with Crippen molar-refractivity contribution in [2.45, 2.75) is 33.1 Å². The summed E-state index contributed by atoms with van der Waals surface area (Å²) in [6, 6.07) is 0. The average molecular weight is 158 g/mol. The number of rotatable bonds is 1. The second-order valence-electron chi connectivity index (χ2n) is 3.84. The predicted molar refractivity (Wildman–Crippen MR) is 49.5 cm³/mol. The van der Waals surface area contributed by atoms with Crippen LogP contribution in [0.25, 0.3) is 0 Å². The molecule has 1 aliphatic rings. The van der Waals surface area contributed by atoms with E-state index in [9.17, 15) is 0 Å². The first-order valence-electron chi connectivity index (χ1n) is 4.35. The molecule has 0 aliphatic heterocycles. The summed E-state index contributed by atoms with van der Waals surface area (Å²) in [7, 11) is 0. The van der Waals surface area contributed by atoms with Crippen molar-refractivity contribution in [3.63, 3.8) is 0 Å². The molecule has 0 amide bonds. The molecule has 0 nitrogen and oxygen atoms in total. The third kappa shape index (κ3) is 1.91. The summed E-state index contributed by atoms with van der Waals surface area (Å²) >= 11 is 4.35. The molecule has 0 aromatic carbocycles. The Hall–Kier alpha value is 0.350. The molecular formula is C9H18S. The van der Waals surface area contributed by atoms with Gasteiger partial charge in [0.25, 0.3) is 0 Å². The van der Waals surface area contributed by atoms with Crippen molar-refractivity contribution in [1.29, 1.82) is 0 Å². The van der Waals surface area contributed by atoms with Gasteiger partial charge in [-0.1, -0.05) is 20.3 Å². The van der Waals surface area contributed by atoms with Gasteiger partial charge in [-0.2, -0.15) is 12.6 Å². The van der Waals surface area contributed by atoms with Gasteiger partial charge in [0.05, 0.1) is 0 Å². The summed E-state index contributed by atoms with van der Waals surface area (Å²) in [6.07, 6.45) is 4.26. The lowest BCUT2D eigenvalue weighted by atomic mass is 9.76. The van der Waals surface area contributed by atoms with E-state index in [-0.39, 0.29) is 0 Å². The highest BCUT2D eigenvalue weighted by atomic mass is 32.1. The van der Waals surface area contributed by atoms with Crippen LogP contribution in [0.15, 0.2) is 0 Å². The second-order valence-corrected chi connectivity index (χ2v) is 4.20. The Morgan fingerprint density at radius 1 is 1.30 bits per heavy atom. The van der Waals surface area contributed by atoms with Crippen LogP contribution in [-0.4, -0.2) is 5.75 Å². The zero-order valence-corrected chi connectivity index (χ0v) is 7.90. The maximum atomic E-state index is 4.35. The van der Waals surface area contributed by atoms with Crippen molar-refractivity contribution in [3.8, 4) is 0 Å². The van der Waals surface area contributed by atoms with Crippen LogP contribution in [0.4, 0.5) is 0 Å². The van der Waals surface area contributed by atoms with Crippen molar-refractivity contribution < 1.29 is 0 Å². The van der Waals surface area contributed by atoms with Crippen LogP contribution >= 0.6 is 12.6 Å². The summed E-state index contributed by atoms with van der Waals surface area (Å²) in [6.45, 7) is 4.74. The van der Waals surface area contributed by atoms with E-state index in [4.69, 9.17) is 0 Å². The molecule has 0 aromatic rings. The Labute approximate surface area is 69.8 Å². The van der Waals surface area contributed by atoms with Crippen LogP contribution in [0.2, 0.25) is 0 Å². The van der Waals surface area contributed by atoms with Gasteiger partial charge in [0, 0.05) is 0 Å². The number of hydrogen-bond acceptors (Lipinski definition) is 1. The number of thiol groups is 1. The zero-order chi connectivity index (χ0) is 7.56. The van der Waals surface area contributed by atoms with E-state index in [0.717, 1.165) is 23.5 Å². The quantitative estimate of drug-likeness (QED) is 0.557. The fourth-order valence-electron chi connectivity index (χ4n) is 2.00. The smallest absolute Gasteiger partial charge is 0.00670 e. The third-order valence-corrected chi connectivity index (χ3v) is 3.31. The summed E-state index contributed by atoms with van der Waals surface area (Å²) in [5.74, 6) is 3.88. The third-order valence-electron chi connectivity index (χ3n) is 2.84. The van der Waals surface area contributed by atoms with E-state index >= 15 is 0 Å². The van der Waals surface area contributed by atoms with E-state index in [0.29, 0.717) is 0 Å². The molecule has 0 saturated heterocycles. The highest BCUT2D eigenvalue weighted by molar-refractivity contribution is 7.80. The molecule has 1 heteroatoms. The Kier molecular flexibility index (Phi) is 3.09. The van der Waals surface area contributed by atoms with Crippen LogP contribution in [0.3, 0.4) is 0 Å². The first kappa shape index (κ1) is 8.45. The molecule has 10 heavy (non-hydrogen) atoms. The molecule has 0 bridgehead atoms. The van der Waals surface area contributed by atoms with E-state index in [1.54, 1.807) is 0 Å². The van der Waals surface area contributed by atoms with E-state index in [1.165, 1.54) is 19.3 Å². The molecular weight excluding hydrogens is 140 g/mol. The SMILES string of the molecule is CC1CCC(CS)C(C)C1. The molecule has 3 unspecified atom stereocenters. The Morgan fingerprint density at radius 2 is 2.00 bits per heavy atom. The molecule has 0 spiro atoms. The first-order chi connectivity index (χ1) is 4.74. The molecule has 0 aromatic heterocycles. The fourth-order valence-corrected chi connectivity index (χ4v) is 2.54. The van der Waals surface area contributed by atoms with E-state index < -0.39 is 0 Å². The van der Waals surface area contributed by atoms with Crippen molar-refractivity contribution in [1.82, 2.24) is 0 Å². The van der Waals surface area contributed by atoms with Crippen molar-refractivity contribution in [2.24, 2.45) is 17.8 Å². The van der Waals surface area contributed by atoms with Gasteiger partial charge >= 0.3 is 0 Å². The normalized spacial score (nSPS) is 41.7. The van der Waals surface area contributed by atoms with Gasteiger partial charge in [0.1, 0.15) is 0 Å². The predicted octanol–water partition coefficient (Wildman–Crippen LogP) is 2.99. The summed E-state index contributed by atoms with van der Waals surface area (Å²) in [5.41, 5.74) is 0. The molecule has 3 atom stereocenters. The molecule has 1 saturated carbocycles. The molecule has 1 rings (SSSR count). The van der Waals surface area contributed by atoms with E-state index in [2.05, 4.69) is 26.5 Å². The lowest BCUT2D eigenvalue weighted by Crippen LogP contribution is -2.22. The molecule has 0 radical (unpaired) electrons. The van der Waals surface area contributed by atoms with Crippen molar-refractivity contribution >= 4 is 12.6 Å². The Balaban J connectivity index is 2.36. The average Bonchev–Trinajstić information content (AvgIpc) is 1.88. The summed E-state index contributed by atoms with van der Waals surface area (Å²) < 4.78 is 0. The molecule has 0 N–H and O–H groups in total. The lowest BCUT2D eigenvalue weighted by molar-refractivity contribution is 0.224. The highest BCUT2D eigenvalue weighted by Gasteiger charge is 2.23. The Morgan fingerprint density at radius 3 is 2.50 bits per heavy atom. The second kappa shape index (κ2) is 3.66. The van der Waals surface area contributed by atoms with Crippen LogP contribution in [-0.2, 0) is 0 Å².